The molecular formula is C16H18ClNO2. The molecule has 0 aromatic heterocycles. The quantitative estimate of drug-likeness (QED) is 0.915. The first-order chi connectivity index (χ1) is 9.63. The maximum absolute atomic E-state index is 6.24. The summed E-state index contributed by atoms with van der Waals surface area (Å²) in [5.74, 6) is 1.57. The molecule has 0 aliphatic carbocycles. The molecular weight excluding hydrogens is 274 g/mol. The Kier molecular flexibility index (Phi) is 4.88. The second kappa shape index (κ2) is 6.64. The van der Waals surface area contributed by atoms with Gasteiger partial charge in [0.25, 0.3) is 0 Å². The van der Waals surface area contributed by atoms with Gasteiger partial charge in [-0.1, -0.05) is 29.8 Å². The van der Waals surface area contributed by atoms with Crippen molar-refractivity contribution in [1.82, 2.24) is 0 Å². The van der Waals surface area contributed by atoms with Crippen LogP contribution in [0.5, 0.6) is 11.5 Å². The van der Waals surface area contributed by atoms with Crippen LogP contribution in [-0.2, 0) is 6.42 Å². The lowest BCUT2D eigenvalue weighted by molar-refractivity contribution is 0.414. The molecule has 1 unspecified atom stereocenters. The Morgan fingerprint density at radius 2 is 1.60 bits per heavy atom. The number of hydrogen-bond donors (Lipinski definition) is 1. The van der Waals surface area contributed by atoms with Gasteiger partial charge in [-0.25, -0.2) is 0 Å². The van der Waals surface area contributed by atoms with E-state index in [2.05, 4.69) is 0 Å². The number of methoxy groups -OCH3 is 2. The fourth-order valence-electron chi connectivity index (χ4n) is 2.06. The van der Waals surface area contributed by atoms with Crippen LogP contribution in [0, 0.1) is 0 Å². The molecule has 20 heavy (non-hydrogen) atoms. The van der Waals surface area contributed by atoms with Crippen molar-refractivity contribution < 1.29 is 9.47 Å². The zero-order chi connectivity index (χ0) is 14.5. The predicted octanol–water partition coefficient (Wildman–Crippen LogP) is 3.60. The third-order valence-electron chi connectivity index (χ3n) is 3.22. The lowest BCUT2D eigenvalue weighted by Gasteiger charge is -2.15. The van der Waals surface area contributed by atoms with Gasteiger partial charge in [0, 0.05) is 11.1 Å². The van der Waals surface area contributed by atoms with Gasteiger partial charge in [0.2, 0.25) is 0 Å². The highest BCUT2D eigenvalue weighted by atomic mass is 35.5. The Balaban J connectivity index is 2.12. The summed E-state index contributed by atoms with van der Waals surface area (Å²) in [4.78, 5) is 0. The Bertz CT molecular complexity index is 569. The lowest BCUT2D eigenvalue weighted by Crippen LogP contribution is -2.13. The molecule has 0 bridgehead atoms. The van der Waals surface area contributed by atoms with Gasteiger partial charge >= 0.3 is 0 Å². The number of rotatable bonds is 5. The molecule has 0 aliphatic heterocycles. The minimum Gasteiger partial charge on any atom is -0.497 e. The van der Waals surface area contributed by atoms with Crippen molar-refractivity contribution in [2.75, 3.05) is 14.2 Å². The van der Waals surface area contributed by atoms with Gasteiger partial charge in [-0.3, -0.25) is 0 Å². The summed E-state index contributed by atoms with van der Waals surface area (Å²) in [5.41, 5.74) is 8.30. The first kappa shape index (κ1) is 14.7. The number of hydrogen-bond acceptors (Lipinski definition) is 3. The van der Waals surface area contributed by atoms with E-state index in [0.717, 1.165) is 29.0 Å². The lowest BCUT2D eigenvalue weighted by atomic mass is 9.99. The molecule has 3 nitrogen and oxygen atoms in total. The van der Waals surface area contributed by atoms with E-state index in [-0.39, 0.29) is 6.04 Å². The van der Waals surface area contributed by atoms with E-state index in [9.17, 15) is 0 Å². The van der Waals surface area contributed by atoms with Gasteiger partial charge in [-0.2, -0.15) is 0 Å². The molecule has 0 radical (unpaired) electrons. The molecule has 0 amide bonds. The average Bonchev–Trinajstić information content (AvgIpc) is 2.47. The monoisotopic (exact) mass is 291 g/mol. The highest BCUT2D eigenvalue weighted by molar-refractivity contribution is 6.31. The van der Waals surface area contributed by atoms with E-state index < -0.39 is 0 Å². The molecule has 0 saturated carbocycles. The van der Waals surface area contributed by atoms with Crippen molar-refractivity contribution in [2.24, 2.45) is 5.73 Å². The van der Waals surface area contributed by atoms with Crippen LogP contribution in [0.3, 0.4) is 0 Å². The highest BCUT2D eigenvalue weighted by Gasteiger charge is 2.12. The van der Waals surface area contributed by atoms with E-state index in [1.807, 2.05) is 36.4 Å². The van der Waals surface area contributed by atoms with Gasteiger partial charge in [0.15, 0.2) is 0 Å². The minimum absolute atomic E-state index is 0.151. The molecule has 2 rings (SSSR count). The van der Waals surface area contributed by atoms with Gasteiger partial charge in [0.1, 0.15) is 11.5 Å². The largest absolute Gasteiger partial charge is 0.497 e. The molecule has 4 heteroatoms. The van der Waals surface area contributed by atoms with E-state index >= 15 is 0 Å². The first-order valence-corrected chi connectivity index (χ1v) is 6.73. The summed E-state index contributed by atoms with van der Waals surface area (Å²) in [6.45, 7) is 0. The van der Waals surface area contributed by atoms with Gasteiger partial charge < -0.3 is 15.2 Å². The number of ether oxygens (including phenoxy) is 2. The topological polar surface area (TPSA) is 44.5 Å². The summed E-state index contributed by atoms with van der Waals surface area (Å²) >= 11 is 6.24. The van der Waals surface area contributed by atoms with Crippen LogP contribution in [0.25, 0.3) is 0 Å². The van der Waals surface area contributed by atoms with Crippen LogP contribution in [-0.4, -0.2) is 14.2 Å². The fourth-order valence-corrected chi connectivity index (χ4v) is 2.37. The molecule has 2 aromatic rings. The van der Waals surface area contributed by atoms with Crippen molar-refractivity contribution in [3.63, 3.8) is 0 Å². The molecule has 0 aliphatic rings. The molecule has 0 fully saturated rings. The van der Waals surface area contributed by atoms with Gasteiger partial charge in [-0.05, 0) is 41.8 Å². The van der Waals surface area contributed by atoms with Crippen LogP contribution in [0.15, 0.2) is 42.5 Å². The summed E-state index contributed by atoms with van der Waals surface area (Å²) in [5, 5.41) is 0.630. The maximum Gasteiger partial charge on any atom is 0.120 e. The SMILES string of the molecule is COc1ccc(CC(N)c2ccc(OC)cc2Cl)cc1. The average molecular weight is 292 g/mol. The van der Waals surface area contributed by atoms with Gasteiger partial charge in [-0.15, -0.1) is 0 Å². The van der Waals surface area contributed by atoms with E-state index in [1.54, 1.807) is 20.3 Å². The Morgan fingerprint density at radius 1 is 1.00 bits per heavy atom. The van der Waals surface area contributed by atoms with Crippen LogP contribution in [0.1, 0.15) is 17.2 Å². The minimum atomic E-state index is -0.151. The first-order valence-electron chi connectivity index (χ1n) is 6.36. The number of benzene rings is 2. The third kappa shape index (κ3) is 3.44. The van der Waals surface area contributed by atoms with E-state index in [4.69, 9.17) is 26.8 Å². The van der Waals surface area contributed by atoms with Crippen molar-refractivity contribution >= 4 is 11.6 Å². The summed E-state index contributed by atoms with van der Waals surface area (Å²) < 4.78 is 10.3. The van der Waals surface area contributed by atoms with Crippen LogP contribution >= 0.6 is 11.6 Å². The van der Waals surface area contributed by atoms with Crippen molar-refractivity contribution in [2.45, 2.75) is 12.5 Å². The number of nitrogens with two attached hydrogens (primary N) is 1. The van der Waals surface area contributed by atoms with E-state index in [1.165, 1.54) is 0 Å². The Hall–Kier alpha value is -1.71. The summed E-state index contributed by atoms with van der Waals surface area (Å²) in [6.07, 6.45) is 0.718. The molecule has 0 saturated heterocycles. The summed E-state index contributed by atoms with van der Waals surface area (Å²) in [7, 11) is 3.26. The molecule has 2 aromatic carbocycles. The van der Waals surface area contributed by atoms with Crippen molar-refractivity contribution in [3.8, 4) is 11.5 Å². The number of halogens is 1. The molecule has 0 heterocycles. The predicted molar refractivity (Wildman–Crippen MR) is 81.6 cm³/mol. The summed E-state index contributed by atoms with van der Waals surface area (Å²) in [6, 6.07) is 13.3. The smallest absolute Gasteiger partial charge is 0.120 e. The van der Waals surface area contributed by atoms with Crippen molar-refractivity contribution in [1.29, 1.82) is 0 Å². The normalized spacial score (nSPS) is 12.0. The Morgan fingerprint density at radius 3 is 2.15 bits per heavy atom. The van der Waals surface area contributed by atoms with Crippen LogP contribution in [0.4, 0.5) is 0 Å². The zero-order valence-corrected chi connectivity index (χ0v) is 12.4. The molecule has 2 N–H and O–H groups in total. The zero-order valence-electron chi connectivity index (χ0n) is 11.6. The third-order valence-corrected chi connectivity index (χ3v) is 3.55. The van der Waals surface area contributed by atoms with Crippen molar-refractivity contribution in [3.05, 3.63) is 58.6 Å². The van der Waals surface area contributed by atoms with Crippen LogP contribution in [0.2, 0.25) is 5.02 Å². The van der Waals surface area contributed by atoms with Gasteiger partial charge in [0.05, 0.1) is 14.2 Å². The molecule has 0 spiro atoms. The van der Waals surface area contributed by atoms with Crippen LogP contribution < -0.4 is 15.2 Å². The Labute approximate surface area is 124 Å². The second-order valence-corrected chi connectivity index (χ2v) is 4.95. The maximum atomic E-state index is 6.24. The highest BCUT2D eigenvalue weighted by Crippen LogP contribution is 2.28. The fraction of sp³-hybridized carbons (Fsp3) is 0.250. The molecule has 1 atom stereocenters. The molecule has 106 valence electrons. The standard InChI is InChI=1S/C16H18ClNO2/c1-19-12-5-3-11(4-6-12)9-16(18)14-8-7-13(20-2)10-15(14)17/h3-8,10,16H,9,18H2,1-2H3. The van der Waals surface area contributed by atoms with E-state index in [0.29, 0.717) is 5.02 Å². The second-order valence-electron chi connectivity index (χ2n) is 4.55.